The zero-order valence-corrected chi connectivity index (χ0v) is 22.6. The Bertz CT molecular complexity index is 1110. The van der Waals surface area contributed by atoms with Gasteiger partial charge in [0.2, 0.25) is 10.0 Å². The highest BCUT2D eigenvalue weighted by atomic mass is 32.2. The topological polar surface area (TPSA) is 92.7 Å². The van der Waals surface area contributed by atoms with E-state index in [0.717, 1.165) is 24.0 Å². The molecule has 3 aliphatic rings. The van der Waals surface area contributed by atoms with E-state index < -0.39 is 26.8 Å². The van der Waals surface area contributed by atoms with Gasteiger partial charge in [-0.05, 0) is 69.1 Å². The van der Waals surface area contributed by atoms with Crippen LogP contribution in [0.3, 0.4) is 0 Å². The van der Waals surface area contributed by atoms with Crippen LogP contribution in [-0.4, -0.2) is 30.3 Å². The molecule has 1 fully saturated rings. The van der Waals surface area contributed by atoms with Crippen molar-refractivity contribution in [1.82, 2.24) is 4.72 Å². The third-order valence-corrected chi connectivity index (χ3v) is 10.0. The molecule has 1 amide bonds. The van der Waals surface area contributed by atoms with E-state index in [1.54, 1.807) is 0 Å². The number of unbranched alkanes of at least 4 members (excludes halogenated alkanes) is 3. The molecular weight excluding hydrogens is 462 g/mol. The number of sulfonamides is 1. The van der Waals surface area contributed by atoms with Crippen molar-refractivity contribution in [1.29, 1.82) is 0 Å². The molecule has 1 aromatic carbocycles. The lowest BCUT2D eigenvalue weighted by atomic mass is 9.66. The first kappa shape index (κ1) is 26.1. The van der Waals surface area contributed by atoms with Crippen LogP contribution in [0.1, 0.15) is 109 Å². The maximum absolute atomic E-state index is 12.9. The minimum absolute atomic E-state index is 0.0744. The SMILES string of the molecule is CCCCCCC(C)(C)c1cc(O)c2c(c1)OC(C)(C)[C@@H]1CC=C(C(=O)NS(=O)(=O)C3CC3)C[C@@H]21. The van der Waals surface area contributed by atoms with Gasteiger partial charge >= 0.3 is 0 Å². The summed E-state index contributed by atoms with van der Waals surface area (Å²) in [4.78, 5) is 12.9. The van der Waals surface area contributed by atoms with E-state index in [1.165, 1.54) is 19.3 Å². The number of benzene rings is 1. The van der Waals surface area contributed by atoms with Gasteiger partial charge in [-0.3, -0.25) is 4.79 Å². The van der Waals surface area contributed by atoms with E-state index >= 15 is 0 Å². The van der Waals surface area contributed by atoms with Crippen LogP contribution in [0, 0.1) is 5.92 Å². The van der Waals surface area contributed by atoms with Crippen LogP contribution in [0.15, 0.2) is 23.8 Å². The number of ether oxygens (including phenoxy) is 1. The lowest BCUT2D eigenvalue weighted by Gasteiger charge is -2.47. The Kier molecular flexibility index (Phi) is 7.04. The maximum Gasteiger partial charge on any atom is 0.260 e. The van der Waals surface area contributed by atoms with Gasteiger partial charge in [-0.2, -0.15) is 0 Å². The molecule has 194 valence electrons. The molecule has 1 aromatic rings. The quantitative estimate of drug-likeness (QED) is 0.413. The third kappa shape index (κ3) is 5.40. The fourth-order valence-electron chi connectivity index (χ4n) is 5.77. The molecule has 0 radical (unpaired) electrons. The van der Waals surface area contributed by atoms with E-state index in [2.05, 4.69) is 45.4 Å². The highest BCUT2D eigenvalue weighted by molar-refractivity contribution is 7.91. The Morgan fingerprint density at radius 3 is 2.57 bits per heavy atom. The molecule has 2 aliphatic carbocycles. The lowest BCUT2D eigenvalue weighted by Crippen LogP contribution is -2.46. The van der Waals surface area contributed by atoms with Crippen LogP contribution in [0.2, 0.25) is 0 Å². The predicted octanol–water partition coefficient (Wildman–Crippen LogP) is 5.84. The average Bonchev–Trinajstić information content (AvgIpc) is 3.61. The summed E-state index contributed by atoms with van der Waals surface area (Å²) in [6.07, 6.45) is 9.84. The van der Waals surface area contributed by atoms with E-state index in [-0.39, 0.29) is 23.0 Å². The van der Waals surface area contributed by atoms with Crippen molar-refractivity contribution >= 4 is 15.9 Å². The van der Waals surface area contributed by atoms with Gasteiger partial charge in [0.15, 0.2) is 0 Å². The summed E-state index contributed by atoms with van der Waals surface area (Å²) in [5.74, 6) is 0.304. The number of amides is 1. The fourth-order valence-corrected chi connectivity index (χ4v) is 7.08. The van der Waals surface area contributed by atoms with Gasteiger partial charge in [-0.1, -0.05) is 52.5 Å². The van der Waals surface area contributed by atoms with Crippen LogP contribution < -0.4 is 9.46 Å². The summed E-state index contributed by atoms with van der Waals surface area (Å²) in [6, 6.07) is 3.94. The Labute approximate surface area is 210 Å². The molecule has 35 heavy (non-hydrogen) atoms. The summed E-state index contributed by atoms with van der Waals surface area (Å²) in [7, 11) is -3.60. The van der Waals surface area contributed by atoms with Crippen LogP contribution in [0.4, 0.5) is 0 Å². The van der Waals surface area contributed by atoms with Crippen molar-refractivity contribution in [3.63, 3.8) is 0 Å². The Morgan fingerprint density at radius 2 is 1.91 bits per heavy atom. The predicted molar refractivity (Wildman–Crippen MR) is 138 cm³/mol. The van der Waals surface area contributed by atoms with Crippen LogP contribution in [-0.2, 0) is 20.2 Å². The minimum Gasteiger partial charge on any atom is -0.508 e. The highest BCUT2D eigenvalue weighted by Crippen LogP contribution is 2.55. The zero-order chi connectivity index (χ0) is 25.6. The van der Waals surface area contributed by atoms with Gasteiger partial charge in [-0.25, -0.2) is 13.1 Å². The molecule has 6 nitrogen and oxygen atoms in total. The highest BCUT2D eigenvalue weighted by Gasteiger charge is 2.47. The third-order valence-electron chi connectivity index (χ3n) is 8.23. The molecule has 0 saturated heterocycles. The number of phenols is 1. The van der Waals surface area contributed by atoms with Crippen molar-refractivity contribution in [2.45, 2.75) is 115 Å². The summed E-state index contributed by atoms with van der Waals surface area (Å²) < 4.78 is 33.4. The fraction of sp³-hybridized carbons (Fsp3) is 0.679. The molecular formula is C28H41NO5S. The zero-order valence-electron chi connectivity index (χ0n) is 21.8. The Morgan fingerprint density at radius 1 is 1.20 bits per heavy atom. The minimum atomic E-state index is -3.60. The number of nitrogens with one attached hydrogen (secondary N) is 1. The van der Waals surface area contributed by atoms with Crippen molar-refractivity contribution in [2.24, 2.45) is 5.92 Å². The summed E-state index contributed by atoms with van der Waals surface area (Å²) >= 11 is 0. The summed E-state index contributed by atoms with van der Waals surface area (Å²) in [6.45, 7) is 10.7. The standard InChI is InChI=1S/C28H41NO5S/c1-6-7-8-9-14-27(2,3)19-16-23(30)25-21-15-18(26(31)29-35(32,33)20-11-12-20)10-13-22(21)28(4,5)34-24(25)17-19/h10,16-17,20-22,30H,6-9,11-15H2,1-5H3,(H,29,31)/t21-,22-/m1/s1. The second-order valence-electron chi connectivity index (χ2n) is 11.9. The van der Waals surface area contributed by atoms with Gasteiger partial charge in [0.1, 0.15) is 17.1 Å². The molecule has 1 heterocycles. The van der Waals surface area contributed by atoms with Gasteiger partial charge in [-0.15, -0.1) is 0 Å². The normalized spacial score (nSPS) is 23.5. The van der Waals surface area contributed by atoms with Gasteiger partial charge in [0.25, 0.3) is 5.91 Å². The Hall–Kier alpha value is -2.02. The first-order valence-corrected chi connectivity index (χ1v) is 14.7. The summed E-state index contributed by atoms with van der Waals surface area (Å²) in [5.41, 5.74) is 1.69. The number of phenolic OH excluding ortho intramolecular Hbond substituents is 1. The number of aromatic hydroxyl groups is 1. The maximum atomic E-state index is 12.9. The molecule has 2 N–H and O–H groups in total. The van der Waals surface area contributed by atoms with Gasteiger partial charge in [0, 0.05) is 23.0 Å². The molecule has 4 rings (SSSR count). The molecule has 1 aliphatic heterocycles. The number of allylic oxidation sites excluding steroid dienone is 1. The van der Waals surface area contributed by atoms with Crippen LogP contribution in [0.25, 0.3) is 0 Å². The number of fused-ring (bicyclic) bond motifs is 3. The smallest absolute Gasteiger partial charge is 0.260 e. The molecule has 0 aromatic heterocycles. The number of carbonyl (C=O) groups excluding carboxylic acids is 1. The molecule has 2 atom stereocenters. The number of carbonyl (C=O) groups is 1. The van der Waals surface area contributed by atoms with E-state index in [4.69, 9.17) is 4.74 Å². The lowest BCUT2D eigenvalue weighted by molar-refractivity contribution is -0.116. The second kappa shape index (κ2) is 9.45. The number of rotatable bonds is 9. The van der Waals surface area contributed by atoms with Crippen molar-refractivity contribution in [3.05, 3.63) is 34.9 Å². The Balaban J connectivity index is 1.60. The van der Waals surface area contributed by atoms with Gasteiger partial charge < -0.3 is 9.84 Å². The van der Waals surface area contributed by atoms with E-state index in [1.807, 2.05) is 12.1 Å². The molecule has 0 unspecified atom stereocenters. The van der Waals surface area contributed by atoms with Crippen molar-refractivity contribution in [2.75, 3.05) is 0 Å². The largest absolute Gasteiger partial charge is 0.508 e. The van der Waals surface area contributed by atoms with Crippen molar-refractivity contribution < 1.29 is 23.1 Å². The average molecular weight is 504 g/mol. The molecule has 0 spiro atoms. The van der Waals surface area contributed by atoms with Gasteiger partial charge in [0.05, 0.1) is 5.25 Å². The molecule has 0 bridgehead atoms. The van der Waals surface area contributed by atoms with Crippen LogP contribution in [0.5, 0.6) is 11.5 Å². The second-order valence-corrected chi connectivity index (χ2v) is 13.8. The monoisotopic (exact) mass is 503 g/mol. The van der Waals surface area contributed by atoms with E-state index in [9.17, 15) is 18.3 Å². The first-order chi connectivity index (χ1) is 16.4. The first-order valence-electron chi connectivity index (χ1n) is 13.2. The summed E-state index contributed by atoms with van der Waals surface area (Å²) in [5, 5.41) is 10.8. The number of hydrogen-bond donors (Lipinski definition) is 2. The van der Waals surface area contributed by atoms with Crippen LogP contribution >= 0.6 is 0 Å². The number of hydrogen-bond acceptors (Lipinski definition) is 5. The molecule has 1 saturated carbocycles. The molecule has 7 heteroatoms. The van der Waals surface area contributed by atoms with E-state index in [0.29, 0.717) is 37.0 Å². The van der Waals surface area contributed by atoms with Crippen molar-refractivity contribution in [3.8, 4) is 11.5 Å².